The molecule has 0 spiro atoms. The molecular formula is C19H22N2O3. The molecule has 0 aromatic heterocycles. The fraction of sp³-hybridized carbons (Fsp3) is 0.316. The molecule has 0 radical (unpaired) electrons. The summed E-state index contributed by atoms with van der Waals surface area (Å²) in [6.07, 6.45) is 0. The van der Waals surface area contributed by atoms with Crippen molar-refractivity contribution in [1.82, 2.24) is 10.6 Å². The molecule has 126 valence electrons. The molecule has 1 unspecified atom stereocenters. The van der Waals surface area contributed by atoms with Crippen molar-refractivity contribution in [3.8, 4) is 16.9 Å². The minimum absolute atomic E-state index is 0.0466. The van der Waals surface area contributed by atoms with Crippen LogP contribution in [-0.2, 0) is 9.53 Å². The Hall–Kier alpha value is -2.37. The SMILES string of the molecule is O=C(NCCOc1ccccc1-c1ccccc1)C1COCCN1. The predicted molar refractivity (Wildman–Crippen MR) is 93.0 cm³/mol. The number of benzene rings is 2. The summed E-state index contributed by atoms with van der Waals surface area (Å²) in [5.74, 6) is 0.770. The van der Waals surface area contributed by atoms with Gasteiger partial charge in [-0.05, 0) is 11.6 Å². The molecule has 1 aliphatic heterocycles. The third-order valence-corrected chi connectivity index (χ3v) is 3.87. The van der Waals surface area contributed by atoms with Crippen molar-refractivity contribution in [3.05, 3.63) is 54.6 Å². The predicted octanol–water partition coefficient (Wildman–Crippen LogP) is 1.84. The van der Waals surface area contributed by atoms with Crippen molar-refractivity contribution >= 4 is 5.91 Å². The first kappa shape index (κ1) is 16.5. The van der Waals surface area contributed by atoms with Gasteiger partial charge in [0.1, 0.15) is 18.4 Å². The summed E-state index contributed by atoms with van der Waals surface area (Å²) in [4.78, 5) is 12.0. The third-order valence-electron chi connectivity index (χ3n) is 3.87. The smallest absolute Gasteiger partial charge is 0.239 e. The second-order valence-electron chi connectivity index (χ2n) is 5.58. The summed E-state index contributed by atoms with van der Waals surface area (Å²) in [5, 5.41) is 6.01. The molecule has 1 fully saturated rings. The minimum atomic E-state index is -0.268. The maximum absolute atomic E-state index is 12.0. The number of hydrogen-bond acceptors (Lipinski definition) is 4. The van der Waals surface area contributed by atoms with Crippen LogP contribution in [0.1, 0.15) is 0 Å². The van der Waals surface area contributed by atoms with Crippen LogP contribution in [0.15, 0.2) is 54.6 Å². The van der Waals surface area contributed by atoms with Crippen LogP contribution in [0.4, 0.5) is 0 Å². The molecule has 24 heavy (non-hydrogen) atoms. The van der Waals surface area contributed by atoms with Crippen LogP contribution in [0.3, 0.4) is 0 Å². The topological polar surface area (TPSA) is 59.6 Å². The Labute approximate surface area is 142 Å². The van der Waals surface area contributed by atoms with E-state index < -0.39 is 0 Å². The Bertz CT molecular complexity index is 655. The first-order valence-electron chi connectivity index (χ1n) is 8.21. The van der Waals surface area contributed by atoms with Gasteiger partial charge in [-0.2, -0.15) is 0 Å². The maximum Gasteiger partial charge on any atom is 0.239 e. The van der Waals surface area contributed by atoms with Crippen LogP contribution in [0, 0.1) is 0 Å². The normalized spacial score (nSPS) is 17.2. The largest absolute Gasteiger partial charge is 0.491 e. The second kappa shape index (κ2) is 8.47. The van der Waals surface area contributed by atoms with Gasteiger partial charge in [0.25, 0.3) is 0 Å². The van der Waals surface area contributed by atoms with Crippen molar-refractivity contribution in [2.75, 3.05) is 32.9 Å². The lowest BCUT2D eigenvalue weighted by Crippen LogP contribution is -2.51. The molecule has 1 aliphatic rings. The summed E-state index contributed by atoms with van der Waals surface area (Å²) < 4.78 is 11.2. The van der Waals surface area contributed by atoms with E-state index in [4.69, 9.17) is 9.47 Å². The van der Waals surface area contributed by atoms with Gasteiger partial charge in [-0.25, -0.2) is 0 Å². The van der Waals surface area contributed by atoms with Gasteiger partial charge in [-0.15, -0.1) is 0 Å². The van der Waals surface area contributed by atoms with E-state index in [1.807, 2.05) is 42.5 Å². The van der Waals surface area contributed by atoms with Crippen LogP contribution < -0.4 is 15.4 Å². The fourth-order valence-corrected chi connectivity index (χ4v) is 2.64. The van der Waals surface area contributed by atoms with Crippen molar-refractivity contribution < 1.29 is 14.3 Å². The number of morpholine rings is 1. The van der Waals surface area contributed by atoms with E-state index in [9.17, 15) is 4.79 Å². The van der Waals surface area contributed by atoms with Crippen molar-refractivity contribution in [1.29, 1.82) is 0 Å². The van der Waals surface area contributed by atoms with Crippen LogP contribution in [0.25, 0.3) is 11.1 Å². The summed E-state index contributed by atoms with van der Waals surface area (Å²) in [7, 11) is 0. The molecule has 0 saturated carbocycles. The number of carbonyl (C=O) groups excluding carboxylic acids is 1. The quantitative estimate of drug-likeness (QED) is 0.795. The van der Waals surface area contributed by atoms with Gasteiger partial charge in [-0.1, -0.05) is 48.5 Å². The number of amides is 1. The Morgan fingerprint density at radius 1 is 1.17 bits per heavy atom. The van der Waals surface area contributed by atoms with Gasteiger partial charge in [-0.3, -0.25) is 4.79 Å². The minimum Gasteiger partial charge on any atom is -0.491 e. The zero-order valence-electron chi connectivity index (χ0n) is 13.5. The van der Waals surface area contributed by atoms with Crippen LogP contribution >= 0.6 is 0 Å². The Balaban J connectivity index is 1.51. The molecule has 1 atom stereocenters. The van der Waals surface area contributed by atoms with Gasteiger partial charge in [0, 0.05) is 12.1 Å². The fourth-order valence-electron chi connectivity index (χ4n) is 2.64. The standard InChI is InChI=1S/C19H22N2O3/c22-19(17-14-23-12-10-20-17)21-11-13-24-18-9-5-4-8-16(18)15-6-2-1-3-7-15/h1-9,17,20H,10-14H2,(H,21,22). The van der Waals surface area contributed by atoms with Crippen molar-refractivity contribution in [2.24, 2.45) is 0 Å². The van der Waals surface area contributed by atoms with Crippen molar-refractivity contribution in [2.45, 2.75) is 6.04 Å². The lowest BCUT2D eigenvalue weighted by Gasteiger charge is -2.22. The molecule has 0 aliphatic carbocycles. The van der Waals surface area contributed by atoms with E-state index in [0.29, 0.717) is 32.9 Å². The summed E-state index contributed by atoms with van der Waals surface area (Å²) in [6, 6.07) is 17.8. The number of rotatable bonds is 6. The number of nitrogens with one attached hydrogen (secondary N) is 2. The van der Waals surface area contributed by atoms with Crippen LogP contribution in [-0.4, -0.2) is 44.9 Å². The Kier molecular flexibility index (Phi) is 5.82. The average Bonchev–Trinajstić information content (AvgIpc) is 2.67. The molecule has 1 saturated heterocycles. The van der Waals surface area contributed by atoms with Gasteiger partial charge in [0.05, 0.1) is 19.8 Å². The highest BCUT2D eigenvalue weighted by atomic mass is 16.5. The molecular weight excluding hydrogens is 304 g/mol. The lowest BCUT2D eigenvalue weighted by molar-refractivity contribution is -0.126. The van der Waals surface area contributed by atoms with E-state index in [1.54, 1.807) is 0 Å². The van der Waals surface area contributed by atoms with E-state index in [0.717, 1.165) is 16.9 Å². The third kappa shape index (κ3) is 4.34. The Morgan fingerprint density at radius 3 is 2.75 bits per heavy atom. The van der Waals surface area contributed by atoms with E-state index in [2.05, 4.69) is 22.8 Å². The molecule has 2 aromatic rings. The first-order chi connectivity index (χ1) is 11.8. The molecule has 3 rings (SSSR count). The summed E-state index contributed by atoms with van der Waals surface area (Å²) in [6.45, 7) is 2.66. The van der Waals surface area contributed by atoms with E-state index in [-0.39, 0.29) is 11.9 Å². The molecule has 0 bridgehead atoms. The summed E-state index contributed by atoms with van der Waals surface area (Å²) in [5.41, 5.74) is 2.16. The van der Waals surface area contributed by atoms with E-state index >= 15 is 0 Å². The monoisotopic (exact) mass is 326 g/mol. The molecule has 1 amide bonds. The van der Waals surface area contributed by atoms with Gasteiger partial charge in [0.15, 0.2) is 0 Å². The molecule has 1 heterocycles. The van der Waals surface area contributed by atoms with Gasteiger partial charge in [0.2, 0.25) is 5.91 Å². The van der Waals surface area contributed by atoms with Gasteiger partial charge >= 0.3 is 0 Å². The van der Waals surface area contributed by atoms with E-state index in [1.165, 1.54) is 0 Å². The zero-order chi connectivity index (χ0) is 16.6. The number of carbonyl (C=O) groups is 1. The molecule has 5 heteroatoms. The molecule has 2 aromatic carbocycles. The number of para-hydroxylation sites is 1. The van der Waals surface area contributed by atoms with Crippen LogP contribution in [0.2, 0.25) is 0 Å². The number of hydrogen-bond donors (Lipinski definition) is 2. The Morgan fingerprint density at radius 2 is 1.96 bits per heavy atom. The zero-order valence-corrected chi connectivity index (χ0v) is 13.5. The van der Waals surface area contributed by atoms with Gasteiger partial charge < -0.3 is 20.1 Å². The first-order valence-corrected chi connectivity index (χ1v) is 8.21. The lowest BCUT2D eigenvalue weighted by atomic mass is 10.1. The highest BCUT2D eigenvalue weighted by Gasteiger charge is 2.20. The average molecular weight is 326 g/mol. The molecule has 2 N–H and O–H groups in total. The van der Waals surface area contributed by atoms with Crippen molar-refractivity contribution in [3.63, 3.8) is 0 Å². The highest BCUT2D eigenvalue weighted by Crippen LogP contribution is 2.29. The molecule has 5 nitrogen and oxygen atoms in total. The maximum atomic E-state index is 12.0. The summed E-state index contributed by atoms with van der Waals surface area (Å²) >= 11 is 0. The highest BCUT2D eigenvalue weighted by molar-refractivity contribution is 5.82. The second-order valence-corrected chi connectivity index (χ2v) is 5.58. The number of ether oxygens (including phenoxy) is 2. The van der Waals surface area contributed by atoms with Crippen LogP contribution in [0.5, 0.6) is 5.75 Å².